The van der Waals surface area contributed by atoms with Gasteiger partial charge in [0.05, 0.1) is 6.42 Å². The maximum Gasteiger partial charge on any atom is 0.307 e. The molecule has 2 unspecified atom stereocenters. The SMILES string of the molecule is C=CC(=O)NC1(F)C(c2c(CC(=O)O)ccc3ocnc23)=CC=CC1(F)c1ccccc1. The molecule has 32 heavy (non-hydrogen) atoms. The zero-order chi connectivity index (χ0) is 22.9. The summed E-state index contributed by atoms with van der Waals surface area (Å²) in [6.07, 6.45) is 5.10. The highest BCUT2D eigenvalue weighted by Gasteiger charge is 2.58. The molecule has 1 aliphatic rings. The molecule has 2 N–H and O–H groups in total. The molecular weight excluding hydrogens is 418 g/mol. The normalized spacial score (nSPS) is 22.4. The van der Waals surface area contributed by atoms with Gasteiger partial charge in [-0.25, -0.2) is 13.8 Å². The van der Waals surface area contributed by atoms with Crippen LogP contribution in [0.1, 0.15) is 16.7 Å². The van der Waals surface area contributed by atoms with Gasteiger partial charge in [-0.15, -0.1) is 0 Å². The van der Waals surface area contributed by atoms with Crippen molar-refractivity contribution in [1.29, 1.82) is 0 Å². The highest BCUT2D eigenvalue weighted by Crippen LogP contribution is 2.51. The molecule has 0 fully saturated rings. The molecule has 2 atom stereocenters. The molecule has 4 rings (SSSR count). The lowest BCUT2D eigenvalue weighted by atomic mass is 9.75. The Bertz CT molecular complexity index is 1280. The Labute approximate surface area is 181 Å². The average Bonchev–Trinajstić information content (AvgIpc) is 3.25. The fraction of sp³-hybridized carbons (Fsp3) is 0.125. The Morgan fingerprint density at radius 3 is 2.62 bits per heavy atom. The Morgan fingerprint density at radius 2 is 1.94 bits per heavy atom. The number of nitrogens with zero attached hydrogens (tertiary/aromatic N) is 1. The maximum absolute atomic E-state index is 17.0. The number of oxazole rings is 1. The van der Waals surface area contributed by atoms with E-state index in [1.54, 1.807) is 18.2 Å². The number of benzene rings is 2. The van der Waals surface area contributed by atoms with E-state index < -0.39 is 29.8 Å². The van der Waals surface area contributed by atoms with E-state index in [9.17, 15) is 14.7 Å². The number of carboxylic acid groups (broad SMARTS) is 1. The highest BCUT2D eigenvalue weighted by atomic mass is 19.2. The quantitative estimate of drug-likeness (QED) is 0.445. The summed E-state index contributed by atoms with van der Waals surface area (Å²) in [4.78, 5) is 27.8. The number of aromatic nitrogens is 1. The number of allylic oxidation sites excluding steroid dienone is 2. The van der Waals surface area contributed by atoms with Crippen molar-refractivity contribution in [3.63, 3.8) is 0 Å². The van der Waals surface area contributed by atoms with Crippen LogP contribution in [0.3, 0.4) is 0 Å². The predicted octanol–water partition coefficient (Wildman–Crippen LogP) is 4.24. The lowest BCUT2D eigenvalue weighted by Crippen LogP contribution is -2.58. The molecule has 0 saturated heterocycles. The average molecular weight is 436 g/mol. The lowest BCUT2D eigenvalue weighted by Gasteiger charge is -2.42. The molecule has 0 radical (unpaired) electrons. The van der Waals surface area contributed by atoms with E-state index in [-0.39, 0.29) is 33.4 Å². The molecular formula is C24H18F2N2O4. The third-order valence-electron chi connectivity index (χ3n) is 5.34. The maximum atomic E-state index is 17.0. The van der Waals surface area contributed by atoms with E-state index in [1.807, 2.05) is 0 Å². The molecule has 0 spiro atoms. The van der Waals surface area contributed by atoms with Crippen LogP contribution in [0.25, 0.3) is 16.7 Å². The van der Waals surface area contributed by atoms with Crippen LogP contribution in [-0.2, 0) is 21.7 Å². The number of nitrogens with one attached hydrogen (secondary N) is 1. The summed E-state index contributed by atoms with van der Waals surface area (Å²) in [5, 5.41) is 11.5. The van der Waals surface area contributed by atoms with Crippen molar-refractivity contribution in [2.45, 2.75) is 17.9 Å². The summed E-state index contributed by atoms with van der Waals surface area (Å²) in [6, 6.07) is 10.5. The second kappa shape index (κ2) is 7.88. The predicted molar refractivity (Wildman–Crippen MR) is 114 cm³/mol. The van der Waals surface area contributed by atoms with E-state index >= 15 is 8.78 Å². The van der Waals surface area contributed by atoms with Gasteiger partial charge in [-0.2, -0.15) is 0 Å². The van der Waals surface area contributed by atoms with Crippen molar-refractivity contribution < 1.29 is 27.9 Å². The van der Waals surface area contributed by atoms with Gasteiger partial charge in [0.15, 0.2) is 12.0 Å². The van der Waals surface area contributed by atoms with Gasteiger partial charge in [0.25, 0.3) is 5.79 Å². The topological polar surface area (TPSA) is 92.4 Å². The Hall–Kier alpha value is -4.07. The Balaban J connectivity index is 2.01. The van der Waals surface area contributed by atoms with E-state index in [2.05, 4.69) is 16.9 Å². The first-order valence-corrected chi connectivity index (χ1v) is 9.65. The van der Waals surface area contributed by atoms with Crippen molar-refractivity contribution in [2.24, 2.45) is 0 Å². The molecule has 1 aromatic heterocycles. The van der Waals surface area contributed by atoms with Crippen LogP contribution < -0.4 is 5.32 Å². The van der Waals surface area contributed by atoms with E-state index in [0.29, 0.717) is 0 Å². The van der Waals surface area contributed by atoms with Crippen LogP contribution in [0.4, 0.5) is 8.78 Å². The summed E-state index contributed by atoms with van der Waals surface area (Å²) in [6.45, 7) is 3.33. The molecule has 1 amide bonds. The number of fused-ring (bicyclic) bond motifs is 1. The van der Waals surface area contributed by atoms with Gasteiger partial charge in [-0.3, -0.25) is 9.59 Å². The van der Waals surface area contributed by atoms with Crippen molar-refractivity contribution in [1.82, 2.24) is 10.3 Å². The molecule has 2 aromatic carbocycles. The van der Waals surface area contributed by atoms with E-state index in [1.165, 1.54) is 36.4 Å². The van der Waals surface area contributed by atoms with Crippen LogP contribution in [0, 0.1) is 0 Å². The minimum atomic E-state index is -3.12. The van der Waals surface area contributed by atoms with Gasteiger partial charge in [-0.05, 0) is 29.3 Å². The van der Waals surface area contributed by atoms with Gasteiger partial charge < -0.3 is 14.8 Å². The molecule has 6 nitrogen and oxygen atoms in total. The molecule has 1 aliphatic carbocycles. The third-order valence-corrected chi connectivity index (χ3v) is 5.34. The Morgan fingerprint density at radius 1 is 1.19 bits per heavy atom. The molecule has 0 saturated carbocycles. The number of carbonyl (C=O) groups excluding carboxylic acids is 1. The molecule has 8 heteroatoms. The number of halogens is 2. The van der Waals surface area contributed by atoms with Gasteiger partial charge in [0, 0.05) is 11.1 Å². The van der Waals surface area contributed by atoms with Crippen molar-refractivity contribution in [3.05, 3.63) is 96.4 Å². The summed E-state index contributed by atoms with van der Waals surface area (Å²) in [5.41, 5.74) is -2.53. The highest BCUT2D eigenvalue weighted by molar-refractivity contribution is 5.97. The van der Waals surface area contributed by atoms with Crippen LogP contribution in [0.5, 0.6) is 0 Å². The van der Waals surface area contributed by atoms with Gasteiger partial charge >= 0.3 is 5.97 Å². The zero-order valence-electron chi connectivity index (χ0n) is 16.7. The number of hydrogen-bond acceptors (Lipinski definition) is 4. The molecule has 0 aliphatic heterocycles. The number of amides is 1. The van der Waals surface area contributed by atoms with E-state index in [0.717, 1.165) is 18.5 Å². The van der Waals surface area contributed by atoms with Crippen molar-refractivity contribution in [3.8, 4) is 0 Å². The van der Waals surface area contributed by atoms with Crippen LogP contribution >= 0.6 is 0 Å². The largest absolute Gasteiger partial charge is 0.481 e. The van der Waals surface area contributed by atoms with E-state index in [4.69, 9.17) is 4.42 Å². The second-order valence-electron chi connectivity index (χ2n) is 7.24. The fourth-order valence-corrected chi connectivity index (χ4v) is 3.90. The standard InChI is InChI=1S/C24H18F2N2O4/c1-2-19(29)28-24(26)17(9-6-12-23(24,25)16-7-4-3-5-8-16)21-15(13-20(30)31)10-11-18-22(21)27-14-32-18/h2-12,14H,1,13H2,(H,28,29)(H,30,31). The molecule has 3 aromatic rings. The van der Waals surface area contributed by atoms with Crippen LogP contribution in [0.15, 0.2) is 84.2 Å². The van der Waals surface area contributed by atoms with Gasteiger partial charge in [0.2, 0.25) is 11.6 Å². The number of carbonyl (C=O) groups is 2. The number of carboxylic acids is 1. The minimum absolute atomic E-state index is 0.0350. The monoisotopic (exact) mass is 436 g/mol. The van der Waals surface area contributed by atoms with Crippen LogP contribution in [0.2, 0.25) is 0 Å². The summed E-state index contributed by atoms with van der Waals surface area (Å²) in [7, 11) is 0. The summed E-state index contributed by atoms with van der Waals surface area (Å²) in [5.74, 6) is -5.23. The lowest BCUT2D eigenvalue weighted by molar-refractivity contribution is -0.136. The molecule has 0 bridgehead atoms. The minimum Gasteiger partial charge on any atom is -0.481 e. The van der Waals surface area contributed by atoms with Gasteiger partial charge in [0.1, 0.15) is 5.52 Å². The fourth-order valence-electron chi connectivity index (χ4n) is 3.90. The van der Waals surface area contributed by atoms with Gasteiger partial charge in [-0.1, -0.05) is 55.1 Å². The second-order valence-corrected chi connectivity index (χ2v) is 7.24. The smallest absolute Gasteiger partial charge is 0.307 e. The van der Waals surface area contributed by atoms with Crippen molar-refractivity contribution in [2.75, 3.05) is 0 Å². The molecule has 1 heterocycles. The first-order valence-electron chi connectivity index (χ1n) is 9.65. The number of alkyl halides is 2. The first-order chi connectivity index (χ1) is 15.3. The summed E-state index contributed by atoms with van der Waals surface area (Å²) < 4.78 is 38.9. The molecule has 162 valence electrons. The van der Waals surface area contributed by atoms with Crippen molar-refractivity contribution >= 4 is 28.5 Å². The summed E-state index contributed by atoms with van der Waals surface area (Å²) >= 11 is 0. The number of hydrogen-bond donors (Lipinski definition) is 2. The zero-order valence-corrected chi connectivity index (χ0v) is 16.7. The third kappa shape index (κ3) is 3.30. The van der Waals surface area contributed by atoms with Crippen LogP contribution in [-0.4, -0.2) is 27.8 Å². The Kier molecular flexibility index (Phi) is 5.22. The first kappa shape index (κ1) is 21.2. The number of aliphatic carboxylic acids is 1. The number of rotatable bonds is 6.